The number of hydrogen-bond acceptors (Lipinski definition) is 4. The third-order valence-electron chi connectivity index (χ3n) is 1.58. The first-order valence-electron chi connectivity index (χ1n) is 4.75. The van der Waals surface area contributed by atoms with Gasteiger partial charge in [-0.1, -0.05) is 26.5 Å². The van der Waals surface area contributed by atoms with Crippen LogP contribution in [0.2, 0.25) is 0 Å². The molecule has 4 nitrogen and oxygen atoms in total. The van der Waals surface area contributed by atoms with Crippen molar-refractivity contribution in [3.8, 4) is 0 Å². The maximum Gasteiger partial charge on any atom is 0.336 e. The molecule has 15 heavy (non-hydrogen) atoms. The van der Waals surface area contributed by atoms with Crippen LogP contribution in [0.4, 0.5) is 0 Å². The topological polar surface area (TPSA) is 52.6 Å². The molecule has 0 fully saturated rings. The first-order chi connectivity index (χ1) is 7.11. The Bertz CT molecular complexity index is 255. The van der Waals surface area contributed by atoms with Gasteiger partial charge in [-0.15, -0.1) is 0 Å². The molecule has 0 spiro atoms. The summed E-state index contributed by atoms with van der Waals surface area (Å²) in [7, 11) is 0. The molecule has 0 aliphatic heterocycles. The van der Waals surface area contributed by atoms with Crippen molar-refractivity contribution in [2.75, 3.05) is 13.2 Å². The van der Waals surface area contributed by atoms with E-state index in [0.29, 0.717) is 6.61 Å². The zero-order chi connectivity index (χ0) is 11.7. The van der Waals surface area contributed by atoms with E-state index in [1.807, 2.05) is 6.92 Å². The normalized spacial score (nSPS) is 9.13. The SMILES string of the molecule is C=CC(=O)OCC(=C)C(=O)OCCCC. The minimum Gasteiger partial charge on any atom is -0.462 e. The average molecular weight is 212 g/mol. The van der Waals surface area contributed by atoms with Crippen molar-refractivity contribution >= 4 is 11.9 Å². The van der Waals surface area contributed by atoms with E-state index < -0.39 is 11.9 Å². The van der Waals surface area contributed by atoms with Crippen LogP contribution < -0.4 is 0 Å². The molecule has 0 radical (unpaired) electrons. The van der Waals surface area contributed by atoms with E-state index in [1.54, 1.807) is 0 Å². The summed E-state index contributed by atoms with van der Waals surface area (Å²) in [5.41, 5.74) is 0.126. The summed E-state index contributed by atoms with van der Waals surface area (Å²) in [6, 6.07) is 0. The minimum absolute atomic E-state index is 0.126. The van der Waals surface area contributed by atoms with Crippen LogP contribution >= 0.6 is 0 Å². The van der Waals surface area contributed by atoms with Crippen molar-refractivity contribution in [1.29, 1.82) is 0 Å². The van der Waals surface area contributed by atoms with Gasteiger partial charge in [0, 0.05) is 6.08 Å². The highest BCUT2D eigenvalue weighted by molar-refractivity contribution is 5.89. The molecule has 0 saturated carbocycles. The number of hydrogen-bond donors (Lipinski definition) is 0. The lowest BCUT2D eigenvalue weighted by atomic mass is 10.3. The molecule has 0 aromatic carbocycles. The number of rotatable bonds is 7. The van der Waals surface area contributed by atoms with Crippen LogP contribution in [0.3, 0.4) is 0 Å². The lowest BCUT2D eigenvalue weighted by Gasteiger charge is -2.06. The maximum atomic E-state index is 11.2. The van der Waals surface area contributed by atoms with Crippen LogP contribution in [0.5, 0.6) is 0 Å². The number of esters is 2. The highest BCUT2D eigenvalue weighted by Crippen LogP contribution is 1.98. The molecule has 0 aliphatic rings. The van der Waals surface area contributed by atoms with Gasteiger partial charge in [0.15, 0.2) is 0 Å². The fourth-order valence-corrected chi connectivity index (χ4v) is 0.687. The number of unbranched alkanes of at least 4 members (excludes halogenated alkanes) is 1. The lowest BCUT2D eigenvalue weighted by Crippen LogP contribution is -2.14. The molecule has 0 atom stereocenters. The Morgan fingerprint density at radius 3 is 2.53 bits per heavy atom. The van der Waals surface area contributed by atoms with Crippen LogP contribution in [0.1, 0.15) is 19.8 Å². The maximum absolute atomic E-state index is 11.2. The van der Waals surface area contributed by atoms with Crippen molar-refractivity contribution in [3.05, 3.63) is 24.8 Å². The van der Waals surface area contributed by atoms with Gasteiger partial charge in [-0.05, 0) is 6.42 Å². The third kappa shape index (κ3) is 6.49. The van der Waals surface area contributed by atoms with Gasteiger partial charge < -0.3 is 9.47 Å². The molecule has 0 aliphatic carbocycles. The largest absolute Gasteiger partial charge is 0.462 e. The Morgan fingerprint density at radius 1 is 1.33 bits per heavy atom. The van der Waals surface area contributed by atoms with Gasteiger partial charge in [0.25, 0.3) is 0 Å². The van der Waals surface area contributed by atoms with E-state index in [-0.39, 0.29) is 12.2 Å². The Labute approximate surface area is 89.6 Å². The highest BCUT2D eigenvalue weighted by Gasteiger charge is 2.09. The van der Waals surface area contributed by atoms with Crippen molar-refractivity contribution in [2.24, 2.45) is 0 Å². The molecule has 0 aromatic rings. The minimum atomic E-state index is -0.586. The number of carbonyl (C=O) groups is 2. The van der Waals surface area contributed by atoms with Crippen LogP contribution in [0.25, 0.3) is 0 Å². The third-order valence-corrected chi connectivity index (χ3v) is 1.58. The highest BCUT2D eigenvalue weighted by atomic mass is 16.5. The lowest BCUT2D eigenvalue weighted by molar-refractivity contribution is -0.141. The fraction of sp³-hybridized carbons (Fsp3) is 0.455. The molecular formula is C11H16O4. The van der Waals surface area contributed by atoms with Crippen molar-refractivity contribution in [2.45, 2.75) is 19.8 Å². The summed E-state index contributed by atoms with van der Waals surface area (Å²) in [6.45, 7) is 8.88. The summed E-state index contributed by atoms with van der Waals surface area (Å²) in [6.07, 6.45) is 2.78. The summed E-state index contributed by atoms with van der Waals surface area (Å²) in [5, 5.41) is 0. The second-order valence-electron chi connectivity index (χ2n) is 2.90. The predicted molar refractivity (Wildman–Crippen MR) is 56.2 cm³/mol. The predicted octanol–water partition coefficient (Wildman–Crippen LogP) is 1.62. The van der Waals surface area contributed by atoms with Crippen LogP contribution in [-0.2, 0) is 19.1 Å². The summed E-state index contributed by atoms with van der Waals surface area (Å²) in [4.78, 5) is 21.8. The molecule has 0 saturated heterocycles. The molecule has 0 amide bonds. The molecular weight excluding hydrogens is 196 g/mol. The average Bonchev–Trinajstić information content (AvgIpc) is 2.25. The first kappa shape index (κ1) is 13.4. The molecule has 0 N–H and O–H groups in total. The van der Waals surface area contributed by atoms with Crippen molar-refractivity contribution in [1.82, 2.24) is 0 Å². The van der Waals surface area contributed by atoms with E-state index >= 15 is 0 Å². The molecule has 0 rings (SSSR count). The summed E-state index contributed by atoms with van der Waals surface area (Å²) < 4.78 is 9.48. The van der Waals surface area contributed by atoms with Gasteiger partial charge in [-0.25, -0.2) is 9.59 Å². The van der Waals surface area contributed by atoms with Gasteiger partial charge in [-0.3, -0.25) is 0 Å². The molecule has 0 unspecified atom stereocenters. The van der Waals surface area contributed by atoms with Crippen LogP contribution in [0.15, 0.2) is 24.8 Å². The molecule has 0 bridgehead atoms. The Kier molecular flexibility index (Phi) is 6.97. The van der Waals surface area contributed by atoms with E-state index in [1.165, 1.54) is 0 Å². The molecule has 4 heteroatoms. The van der Waals surface area contributed by atoms with E-state index in [9.17, 15) is 9.59 Å². The Morgan fingerprint density at radius 2 is 2.00 bits per heavy atom. The molecule has 0 aromatic heterocycles. The number of ether oxygens (including phenoxy) is 2. The standard InChI is InChI=1S/C11H16O4/c1-4-6-7-14-11(13)9(3)8-15-10(12)5-2/h5H,2-4,6-8H2,1H3. The van der Waals surface area contributed by atoms with Crippen LogP contribution in [0, 0.1) is 0 Å². The van der Waals surface area contributed by atoms with Crippen molar-refractivity contribution < 1.29 is 19.1 Å². The second-order valence-corrected chi connectivity index (χ2v) is 2.90. The Hall–Kier alpha value is -1.58. The zero-order valence-corrected chi connectivity index (χ0v) is 8.95. The smallest absolute Gasteiger partial charge is 0.336 e. The van der Waals surface area contributed by atoms with Gasteiger partial charge in [-0.2, -0.15) is 0 Å². The molecule has 84 valence electrons. The van der Waals surface area contributed by atoms with E-state index in [0.717, 1.165) is 18.9 Å². The fourth-order valence-electron chi connectivity index (χ4n) is 0.687. The van der Waals surface area contributed by atoms with E-state index in [2.05, 4.69) is 17.9 Å². The zero-order valence-electron chi connectivity index (χ0n) is 8.95. The van der Waals surface area contributed by atoms with Gasteiger partial charge >= 0.3 is 11.9 Å². The summed E-state index contributed by atoms with van der Waals surface area (Å²) in [5.74, 6) is -1.11. The molecule has 0 heterocycles. The number of carbonyl (C=O) groups excluding carboxylic acids is 2. The van der Waals surface area contributed by atoms with Gasteiger partial charge in [0.2, 0.25) is 0 Å². The van der Waals surface area contributed by atoms with Crippen molar-refractivity contribution in [3.63, 3.8) is 0 Å². The quantitative estimate of drug-likeness (QED) is 0.365. The van der Waals surface area contributed by atoms with Crippen LogP contribution in [-0.4, -0.2) is 25.2 Å². The van der Waals surface area contributed by atoms with Gasteiger partial charge in [0.05, 0.1) is 12.2 Å². The van der Waals surface area contributed by atoms with E-state index in [4.69, 9.17) is 4.74 Å². The summed E-state index contributed by atoms with van der Waals surface area (Å²) >= 11 is 0. The monoisotopic (exact) mass is 212 g/mol. The first-order valence-corrected chi connectivity index (χ1v) is 4.75. The second kappa shape index (κ2) is 7.79. The van der Waals surface area contributed by atoms with Gasteiger partial charge in [0.1, 0.15) is 6.61 Å². The Balaban J connectivity index is 3.74.